The van der Waals surface area contributed by atoms with Gasteiger partial charge in [-0.25, -0.2) is 0 Å². The Labute approximate surface area is 421 Å². The highest BCUT2D eigenvalue weighted by Crippen LogP contribution is 2.76. The Kier molecular flexibility index (Phi) is 15.2. The van der Waals surface area contributed by atoms with Crippen LogP contribution >= 0.6 is 0 Å². The number of hydrogen-bond donors (Lipinski definition) is 11. The van der Waals surface area contributed by atoms with E-state index >= 15 is 4.79 Å². The molecule has 0 radical (unpaired) electrons. The maximum absolute atomic E-state index is 15.2. The van der Waals surface area contributed by atoms with E-state index in [4.69, 9.17) is 37.9 Å². The molecule has 5 aliphatic carbocycles. The third-order valence-electron chi connectivity index (χ3n) is 20.6. The van der Waals surface area contributed by atoms with Gasteiger partial charge < -0.3 is 94.1 Å². The number of esters is 1. The number of ether oxygens (including phenoxy) is 8. The lowest BCUT2D eigenvalue weighted by Crippen LogP contribution is -2.66. The van der Waals surface area contributed by atoms with Crippen molar-refractivity contribution in [1.29, 1.82) is 0 Å². The minimum atomic E-state index is -1.82. The highest BCUT2D eigenvalue weighted by atomic mass is 16.8. The number of aliphatic hydroxyl groups excluding tert-OH is 11. The minimum Gasteiger partial charge on any atom is -0.432 e. The van der Waals surface area contributed by atoms with E-state index in [0.29, 0.717) is 19.3 Å². The molecule has 0 amide bonds. The van der Waals surface area contributed by atoms with Gasteiger partial charge in [-0.05, 0) is 116 Å². The van der Waals surface area contributed by atoms with Gasteiger partial charge in [0.15, 0.2) is 25.0 Å². The largest absolute Gasteiger partial charge is 0.432 e. The molecule has 26 atom stereocenters. The molecule has 4 saturated carbocycles. The molecule has 4 saturated heterocycles. The van der Waals surface area contributed by atoms with Crippen molar-refractivity contribution in [3.63, 3.8) is 0 Å². The number of carbonyl (C=O) groups is 1. The molecule has 0 bridgehead atoms. The average molecular weight is 1030 g/mol. The average Bonchev–Trinajstić information content (AvgIpc) is 3.32. The first-order valence-electron chi connectivity index (χ1n) is 26.5. The summed E-state index contributed by atoms with van der Waals surface area (Å²) in [5, 5.41) is 117. The molecule has 4 aliphatic heterocycles. The van der Waals surface area contributed by atoms with Crippen LogP contribution in [0, 0.1) is 50.2 Å². The lowest BCUT2D eigenvalue weighted by Gasteiger charge is -2.71. The van der Waals surface area contributed by atoms with Crippen molar-refractivity contribution in [1.82, 2.24) is 0 Å². The summed E-state index contributed by atoms with van der Waals surface area (Å²) < 4.78 is 47.8. The van der Waals surface area contributed by atoms with Crippen molar-refractivity contribution in [2.45, 2.75) is 236 Å². The van der Waals surface area contributed by atoms with Crippen LogP contribution in [0.25, 0.3) is 0 Å². The molecule has 20 nitrogen and oxygen atoms in total. The zero-order valence-electron chi connectivity index (χ0n) is 43.1. The number of allylic oxidation sites excluding steroid dienone is 2. The molecular weight excluding hydrogens is 945 g/mol. The molecule has 9 rings (SSSR count). The van der Waals surface area contributed by atoms with Crippen LogP contribution in [0.5, 0.6) is 0 Å². The van der Waals surface area contributed by atoms with Gasteiger partial charge in [-0.3, -0.25) is 4.79 Å². The Morgan fingerprint density at radius 1 is 0.625 bits per heavy atom. The summed E-state index contributed by atoms with van der Waals surface area (Å²) in [7, 11) is 0. The third kappa shape index (κ3) is 8.87. The summed E-state index contributed by atoms with van der Waals surface area (Å²) in [6.07, 6.45) is -17.0. The Balaban J connectivity index is 0.928. The van der Waals surface area contributed by atoms with E-state index < -0.39 is 129 Å². The Morgan fingerprint density at radius 3 is 1.93 bits per heavy atom. The molecule has 0 aromatic heterocycles. The van der Waals surface area contributed by atoms with Crippen LogP contribution in [-0.4, -0.2) is 199 Å². The van der Waals surface area contributed by atoms with Gasteiger partial charge >= 0.3 is 5.97 Å². The maximum atomic E-state index is 15.2. The lowest BCUT2D eigenvalue weighted by atomic mass is 9.33. The van der Waals surface area contributed by atoms with E-state index in [9.17, 15) is 56.2 Å². The molecule has 412 valence electrons. The Bertz CT molecular complexity index is 1990. The van der Waals surface area contributed by atoms with Crippen LogP contribution < -0.4 is 0 Å². The van der Waals surface area contributed by atoms with Crippen molar-refractivity contribution in [3.05, 3.63) is 11.6 Å². The Hall–Kier alpha value is -1.51. The fourth-order valence-corrected chi connectivity index (χ4v) is 15.9. The minimum absolute atomic E-state index is 0.0958. The van der Waals surface area contributed by atoms with Gasteiger partial charge in [0.1, 0.15) is 73.2 Å². The molecule has 0 spiro atoms. The van der Waals surface area contributed by atoms with Gasteiger partial charge in [0.25, 0.3) is 0 Å². The smallest absolute Gasteiger partial charge is 0.315 e. The first-order valence-corrected chi connectivity index (χ1v) is 26.5. The molecule has 0 aromatic carbocycles. The van der Waals surface area contributed by atoms with E-state index in [-0.39, 0.29) is 64.1 Å². The molecule has 8 fully saturated rings. The molecule has 0 aromatic rings. The standard InChI is InChI=1S/C52H84O20/c1-23-40(70-42-37(61)32(56)26(54)21-65-42)36(60)39(63)43(67-23)71-41-33(57)27(55)22-66-45(41)72-46(64)52-17-15-47(2,3)19-25(52)24-9-10-30-49(6)13-12-31(69-44-38(62)35(59)34(58)28(20-53)68-44)48(4,5)29(49)11-14-51(30,8)50(24,7)16-18-52/h9,23,25-45,53-63H,10-22H2,1-8H3/t23-,25-,26+,27+,28+,29-,30+,31?,32-,33-,34+,35-,36-,37+,38+,39+,40-,41+,42-,43-,44-,45-,49-,50+,51+,52-/m0/s1. The third-order valence-corrected chi connectivity index (χ3v) is 20.6. The van der Waals surface area contributed by atoms with Crippen LogP contribution in [0.4, 0.5) is 0 Å². The van der Waals surface area contributed by atoms with Crippen molar-refractivity contribution in [2.24, 2.45) is 50.2 Å². The first kappa shape index (κ1) is 55.3. The second-order valence-electron chi connectivity index (χ2n) is 25.4. The normalized spacial score (nSPS) is 54.2. The molecule has 72 heavy (non-hydrogen) atoms. The highest BCUT2D eigenvalue weighted by molar-refractivity contribution is 5.79. The summed E-state index contributed by atoms with van der Waals surface area (Å²) in [5.74, 6) is -0.160. The first-order chi connectivity index (χ1) is 33.7. The highest BCUT2D eigenvalue weighted by Gasteiger charge is 2.70. The van der Waals surface area contributed by atoms with Crippen LogP contribution in [0.1, 0.15) is 120 Å². The maximum Gasteiger partial charge on any atom is 0.315 e. The van der Waals surface area contributed by atoms with Crippen LogP contribution in [-0.2, 0) is 42.7 Å². The van der Waals surface area contributed by atoms with Crippen LogP contribution in [0.3, 0.4) is 0 Å². The number of hydrogen-bond acceptors (Lipinski definition) is 20. The summed E-state index contributed by atoms with van der Waals surface area (Å²) in [5.41, 5.74) is -0.664. The number of aliphatic hydroxyl groups is 11. The molecular formula is C52H84O20. The van der Waals surface area contributed by atoms with Crippen LogP contribution in [0.2, 0.25) is 0 Å². The molecule has 4 heterocycles. The zero-order chi connectivity index (χ0) is 52.4. The number of carbonyl (C=O) groups excluding carboxylic acids is 1. The van der Waals surface area contributed by atoms with Gasteiger partial charge in [-0.1, -0.05) is 60.1 Å². The summed E-state index contributed by atoms with van der Waals surface area (Å²) in [4.78, 5) is 15.2. The lowest BCUT2D eigenvalue weighted by molar-refractivity contribution is -0.368. The Morgan fingerprint density at radius 2 is 1.24 bits per heavy atom. The van der Waals surface area contributed by atoms with E-state index in [0.717, 1.165) is 44.9 Å². The number of fused-ring (bicyclic) bond motifs is 7. The molecule has 1 unspecified atom stereocenters. The van der Waals surface area contributed by atoms with Crippen LogP contribution in [0.15, 0.2) is 11.6 Å². The fourth-order valence-electron chi connectivity index (χ4n) is 15.9. The molecule has 20 heteroatoms. The second kappa shape index (κ2) is 19.7. The van der Waals surface area contributed by atoms with Crippen molar-refractivity contribution in [2.75, 3.05) is 19.8 Å². The molecule has 9 aliphatic rings. The predicted molar refractivity (Wildman–Crippen MR) is 249 cm³/mol. The predicted octanol–water partition coefficient (Wildman–Crippen LogP) is 0.271. The van der Waals surface area contributed by atoms with E-state index in [1.165, 1.54) is 12.5 Å². The zero-order valence-corrected chi connectivity index (χ0v) is 43.1. The summed E-state index contributed by atoms with van der Waals surface area (Å²) in [6.45, 7) is 16.4. The van der Waals surface area contributed by atoms with Gasteiger partial charge in [0.2, 0.25) is 6.29 Å². The second-order valence-corrected chi connectivity index (χ2v) is 25.4. The summed E-state index contributed by atoms with van der Waals surface area (Å²) >= 11 is 0. The number of rotatable bonds is 9. The van der Waals surface area contributed by atoms with Crippen molar-refractivity contribution < 1.29 is 98.9 Å². The fraction of sp³-hybridized carbons (Fsp3) is 0.942. The van der Waals surface area contributed by atoms with Crippen molar-refractivity contribution >= 4 is 5.97 Å². The van der Waals surface area contributed by atoms with Gasteiger partial charge in [0.05, 0.1) is 37.4 Å². The topological polar surface area (TPSA) is 313 Å². The van der Waals surface area contributed by atoms with Gasteiger partial charge in [0, 0.05) is 0 Å². The van der Waals surface area contributed by atoms with Gasteiger partial charge in [-0.2, -0.15) is 0 Å². The van der Waals surface area contributed by atoms with Crippen molar-refractivity contribution in [3.8, 4) is 0 Å². The van der Waals surface area contributed by atoms with E-state index in [1.54, 1.807) is 0 Å². The summed E-state index contributed by atoms with van der Waals surface area (Å²) in [6, 6.07) is 0. The van der Waals surface area contributed by atoms with E-state index in [2.05, 4.69) is 54.5 Å². The van der Waals surface area contributed by atoms with Gasteiger partial charge in [-0.15, -0.1) is 0 Å². The molecule has 11 N–H and O–H groups in total. The van der Waals surface area contributed by atoms with E-state index in [1.807, 2.05) is 0 Å². The SMILES string of the molecule is C[C@@H]1O[C@@H](O[C@H]2[C@H](OC(=O)[C@]34CCC(C)(C)C[C@H]3C3=CC[C@@H]5[C@@]6(C)CCC(O[C@@H]7O[C@H](CO)[C@@H](O)[C@H](O)[C@H]7O)C(C)(C)[C@@H]6CC[C@@]5(C)[C@]3(C)CC4)OC[C@@H](O)[C@@H]2O)[C@H](O)[C@H](O)[C@H]1O[C@@H]1OC[C@@H](O)[C@H](O)[C@H]1O. The monoisotopic (exact) mass is 1030 g/mol. The quantitative estimate of drug-likeness (QED) is 0.0839.